The van der Waals surface area contributed by atoms with Gasteiger partial charge in [0, 0.05) is 6.54 Å². The van der Waals surface area contributed by atoms with Gasteiger partial charge in [-0.25, -0.2) is 0 Å². The van der Waals surface area contributed by atoms with Gasteiger partial charge in [-0.15, -0.1) is 0 Å². The van der Waals surface area contributed by atoms with Gasteiger partial charge in [0.15, 0.2) is 0 Å². The Kier molecular flexibility index (Phi) is 2.56. The molecule has 0 unspecified atom stereocenters. The number of aryl methyl sites for hydroxylation is 1. The van der Waals surface area contributed by atoms with Crippen molar-refractivity contribution < 1.29 is 0 Å². The van der Waals surface area contributed by atoms with Gasteiger partial charge in [0.05, 0.1) is 16.4 Å². The fourth-order valence-corrected chi connectivity index (χ4v) is 1.87. The van der Waals surface area contributed by atoms with Crippen LogP contribution in [0.5, 0.6) is 0 Å². The van der Waals surface area contributed by atoms with Crippen LogP contribution in [-0.4, -0.2) is 28.2 Å². The Bertz CT molecular complexity index is 289. The first-order chi connectivity index (χ1) is 6.27. The molecule has 2 rings (SSSR count). The number of hydrogen-bond acceptors (Lipinski definition) is 2. The SMILES string of the molecule is Cc1[nH]nc(CN2CCCC2)c1Cl. The lowest BCUT2D eigenvalue weighted by Gasteiger charge is -2.12. The van der Waals surface area contributed by atoms with Crippen LogP contribution in [0.15, 0.2) is 0 Å². The first kappa shape index (κ1) is 9.03. The highest BCUT2D eigenvalue weighted by Gasteiger charge is 2.15. The molecule has 0 amide bonds. The van der Waals surface area contributed by atoms with Gasteiger partial charge in [-0.2, -0.15) is 5.10 Å². The lowest BCUT2D eigenvalue weighted by Crippen LogP contribution is -2.18. The molecule has 0 bridgehead atoms. The third-order valence-electron chi connectivity index (χ3n) is 2.51. The monoisotopic (exact) mass is 199 g/mol. The average molecular weight is 200 g/mol. The Morgan fingerprint density at radius 2 is 2.15 bits per heavy atom. The largest absolute Gasteiger partial charge is 0.297 e. The zero-order valence-corrected chi connectivity index (χ0v) is 8.56. The number of aromatic amines is 1. The standard InChI is InChI=1S/C9H14ClN3/c1-7-9(10)8(12-11-7)6-13-4-2-3-5-13/h2-6H2,1H3,(H,11,12). The molecule has 0 saturated carbocycles. The average Bonchev–Trinajstić information content (AvgIpc) is 2.71. The fraction of sp³-hybridized carbons (Fsp3) is 0.667. The molecule has 1 aromatic rings. The molecule has 0 spiro atoms. The van der Waals surface area contributed by atoms with Crippen molar-refractivity contribution in [1.29, 1.82) is 0 Å². The Hall–Kier alpha value is -0.540. The summed E-state index contributed by atoms with van der Waals surface area (Å²) in [7, 11) is 0. The third kappa shape index (κ3) is 1.86. The lowest BCUT2D eigenvalue weighted by molar-refractivity contribution is 0.327. The van der Waals surface area contributed by atoms with E-state index in [4.69, 9.17) is 11.6 Å². The molecule has 1 saturated heterocycles. The summed E-state index contributed by atoms with van der Waals surface area (Å²) in [6, 6.07) is 0. The number of hydrogen-bond donors (Lipinski definition) is 1. The maximum atomic E-state index is 6.07. The predicted molar refractivity (Wildman–Crippen MR) is 52.8 cm³/mol. The quantitative estimate of drug-likeness (QED) is 0.790. The van der Waals surface area contributed by atoms with Gasteiger partial charge in [0.1, 0.15) is 0 Å². The van der Waals surface area contributed by atoms with Crippen molar-refractivity contribution in [3.8, 4) is 0 Å². The normalized spacial score (nSPS) is 18.3. The smallest absolute Gasteiger partial charge is 0.0951 e. The van der Waals surface area contributed by atoms with Crippen LogP contribution in [0.25, 0.3) is 0 Å². The summed E-state index contributed by atoms with van der Waals surface area (Å²) in [6.07, 6.45) is 2.61. The second-order valence-electron chi connectivity index (χ2n) is 3.59. The van der Waals surface area contributed by atoms with E-state index < -0.39 is 0 Å². The minimum absolute atomic E-state index is 0.798. The maximum Gasteiger partial charge on any atom is 0.0951 e. The summed E-state index contributed by atoms with van der Waals surface area (Å²) in [5.41, 5.74) is 1.96. The molecule has 0 radical (unpaired) electrons. The zero-order valence-electron chi connectivity index (χ0n) is 7.81. The summed E-state index contributed by atoms with van der Waals surface area (Å²) >= 11 is 6.07. The van der Waals surface area contributed by atoms with Crippen LogP contribution < -0.4 is 0 Å². The molecule has 13 heavy (non-hydrogen) atoms. The number of likely N-dealkylation sites (tertiary alicyclic amines) is 1. The molecule has 72 valence electrons. The van der Waals surface area contributed by atoms with Crippen LogP contribution in [-0.2, 0) is 6.54 Å². The van der Waals surface area contributed by atoms with Crippen molar-refractivity contribution in [1.82, 2.24) is 15.1 Å². The van der Waals surface area contributed by atoms with Crippen LogP contribution in [0.1, 0.15) is 24.2 Å². The molecule has 1 fully saturated rings. The van der Waals surface area contributed by atoms with E-state index in [1.807, 2.05) is 6.92 Å². The van der Waals surface area contributed by atoms with Gasteiger partial charge in [0.2, 0.25) is 0 Å². The summed E-state index contributed by atoms with van der Waals surface area (Å²) < 4.78 is 0. The number of halogens is 1. The van der Waals surface area contributed by atoms with Crippen molar-refractivity contribution in [3.05, 3.63) is 16.4 Å². The minimum atomic E-state index is 0.798. The number of rotatable bonds is 2. The first-order valence-corrected chi connectivity index (χ1v) is 5.07. The molecule has 1 aromatic heterocycles. The summed E-state index contributed by atoms with van der Waals surface area (Å²) in [4.78, 5) is 2.39. The van der Waals surface area contributed by atoms with E-state index in [1.165, 1.54) is 25.9 Å². The second kappa shape index (κ2) is 3.68. The number of H-pyrrole nitrogens is 1. The summed E-state index contributed by atoms with van der Waals surface area (Å²) in [5.74, 6) is 0. The number of nitrogens with one attached hydrogen (secondary N) is 1. The molecule has 0 aromatic carbocycles. The van der Waals surface area contributed by atoms with Crippen LogP contribution >= 0.6 is 11.6 Å². The molecule has 2 heterocycles. The van der Waals surface area contributed by atoms with Gasteiger partial charge in [0.25, 0.3) is 0 Å². The highest BCUT2D eigenvalue weighted by atomic mass is 35.5. The Balaban J connectivity index is 2.04. The molecule has 1 N–H and O–H groups in total. The fourth-order valence-electron chi connectivity index (χ4n) is 1.72. The topological polar surface area (TPSA) is 31.9 Å². The zero-order chi connectivity index (χ0) is 9.26. The van der Waals surface area contributed by atoms with Crippen molar-refractivity contribution in [3.63, 3.8) is 0 Å². The van der Waals surface area contributed by atoms with Gasteiger partial charge in [-0.3, -0.25) is 10.00 Å². The lowest BCUT2D eigenvalue weighted by atomic mass is 10.3. The van der Waals surface area contributed by atoms with Crippen LogP contribution in [0, 0.1) is 6.92 Å². The van der Waals surface area contributed by atoms with E-state index in [2.05, 4.69) is 15.1 Å². The first-order valence-electron chi connectivity index (χ1n) is 4.69. The molecule has 3 nitrogen and oxygen atoms in total. The Morgan fingerprint density at radius 3 is 2.69 bits per heavy atom. The van der Waals surface area contributed by atoms with Crippen LogP contribution in [0.3, 0.4) is 0 Å². The minimum Gasteiger partial charge on any atom is -0.297 e. The molecule has 0 aliphatic carbocycles. The predicted octanol–water partition coefficient (Wildman–Crippen LogP) is 1.97. The molecular formula is C9H14ClN3. The van der Waals surface area contributed by atoms with Crippen molar-refractivity contribution in [2.24, 2.45) is 0 Å². The van der Waals surface area contributed by atoms with E-state index in [0.29, 0.717) is 0 Å². The second-order valence-corrected chi connectivity index (χ2v) is 3.97. The third-order valence-corrected chi connectivity index (χ3v) is 3.01. The van der Waals surface area contributed by atoms with E-state index in [1.54, 1.807) is 0 Å². The van der Waals surface area contributed by atoms with Crippen molar-refractivity contribution in [2.75, 3.05) is 13.1 Å². The van der Waals surface area contributed by atoms with Crippen molar-refractivity contribution >= 4 is 11.6 Å². The highest BCUT2D eigenvalue weighted by Crippen LogP contribution is 2.20. The van der Waals surface area contributed by atoms with E-state index in [-0.39, 0.29) is 0 Å². The van der Waals surface area contributed by atoms with E-state index >= 15 is 0 Å². The molecule has 1 aliphatic rings. The Morgan fingerprint density at radius 1 is 1.46 bits per heavy atom. The van der Waals surface area contributed by atoms with Gasteiger partial charge in [-0.1, -0.05) is 11.6 Å². The van der Waals surface area contributed by atoms with Crippen LogP contribution in [0.2, 0.25) is 5.02 Å². The van der Waals surface area contributed by atoms with Gasteiger partial charge >= 0.3 is 0 Å². The Labute approximate surface area is 83.1 Å². The molecule has 0 atom stereocenters. The molecular weight excluding hydrogens is 186 g/mol. The van der Waals surface area contributed by atoms with Crippen LogP contribution in [0.4, 0.5) is 0 Å². The molecule has 4 heteroatoms. The van der Waals surface area contributed by atoms with Crippen molar-refractivity contribution in [2.45, 2.75) is 26.3 Å². The highest BCUT2D eigenvalue weighted by molar-refractivity contribution is 6.31. The maximum absolute atomic E-state index is 6.07. The number of nitrogens with zero attached hydrogens (tertiary/aromatic N) is 2. The molecule has 1 aliphatic heterocycles. The summed E-state index contributed by atoms with van der Waals surface area (Å²) in [5, 5.41) is 7.88. The van der Waals surface area contributed by atoms with E-state index in [0.717, 1.165) is 23.0 Å². The van der Waals surface area contributed by atoms with Gasteiger partial charge in [-0.05, 0) is 32.9 Å². The summed E-state index contributed by atoms with van der Waals surface area (Å²) in [6.45, 7) is 5.20. The van der Waals surface area contributed by atoms with Gasteiger partial charge < -0.3 is 0 Å². The number of aromatic nitrogens is 2. The van der Waals surface area contributed by atoms with E-state index in [9.17, 15) is 0 Å².